The maximum Gasteiger partial charge on any atom is 0.174 e. The quantitative estimate of drug-likeness (QED) is 0.783. The molecule has 0 aromatic carbocycles. The van der Waals surface area contributed by atoms with Crippen molar-refractivity contribution in [1.29, 1.82) is 0 Å². The van der Waals surface area contributed by atoms with Crippen molar-refractivity contribution in [3.05, 3.63) is 40.8 Å². The normalized spacial score (nSPS) is 12.5. The average Bonchev–Trinajstić information content (AvgIpc) is 3.16. The Morgan fingerprint density at radius 3 is 2.95 bits per heavy atom. The second-order valence-electron chi connectivity index (χ2n) is 4.65. The summed E-state index contributed by atoms with van der Waals surface area (Å²) in [6.45, 7) is 4.02. The molecule has 0 spiro atoms. The van der Waals surface area contributed by atoms with Crippen LogP contribution in [0.2, 0.25) is 0 Å². The summed E-state index contributed by atoms with van der Waals surface area (Å²) in [6, 6.07) is 1.87. The molecular weight excluding hydrogens is 334 g/mol. The molecule has 0 saturated heterocycles. The number of rotatable bonds is 4. The first-order chi connectivity index (χ1) is 10.2. The number of aromatic amines is 1. The predicted octanol–water partition coefficient (Wildman–Crippen LogP) is 2.39. The van der Waals surface area contributed by atoms with Crippen LogP contribution in [-0.2, 0) is 6.42 Å². The summed E-state index contributed by atoms with van der Waals surface area (Å²) in [7, 11) is 0. The predicted molar refractivity (Wildman–Crippen MR) is 80.5 cm³/mol. The van der Waals surface area contributed by atoms with E-state index >= 15 is 0 Å². The van der Waals surface area contributed by atoms with Gasteiger partial charge in [0, 0.05) is 28.9 Å². The molecule has 0 fully saturated rings. The molecule has 0 amide bonds. The van der Waals surface area contributed by atoms with Crippen molar-refractivity contribution in [2.24, 2.45) is 0 Å². The molecule has 3 heterocycles. The zero-order valence-corrected chi connectivity index (χ0v) is 13.2. The molecule has 0 saturated carbocycles. The van der Waals surface area contributed by atoms with Crippen LogP contribution >= 0.6 is 15.9 Å². The van der Waals surface area contributed by atoms with Gasteiger partial charge in [-0.2, -0.15) is 5.10 Å². The van der Waals surface area contributed by atoms with Crippen LogP contribution in [0.3, 0.4) is 0 Å². The van der Waals surface area contributed by atoms with Crippen molar-refractivity contribution in [1.82, 2.24) is 35.2 Å². The van der Waals surface area contributed by atoms with Crippen LogP contribution in [0.25, 0.3) is 11.3 Å². The molecule has 3 aromatic heterocycles. The van der Waals surface area contributed by atoms with Crippen LogP contribution in [0, 0.1) is 0 Å². The van der Waals surface area contributed by atoms with Gasteiger partial charge in [-0.05, 0) is 28.9 Å². The lowest BCUT2D eigenvalue weighted by atomic mass is 10.2. The van der Waals surface area contributed by atoms with Crippen LogP contribution in [0.4, 0.5) is 0 Å². The maximum absolute atomic E-state index is 4.43. The Labute approximate surface area is 130 Å². The van der Waals surface area contributed by atoms with E-state index in [2.05, 4.69) is 46.4 Å². The average molecular weight is 348 g/mol. The van der Waals surface area contributed by atoms with Crippen molar-refractivity contribution < 1.29 is 0 Å². The van der Waals surface area contributed by atoms with E-state index in [-0.39, 0.29) is 6.04 Å². The minimum atomic E-state index is -0.0806. The Morgan fingerprint density at radius 1 is 1.38 bits per heavy atom. The van der Waals surface area contributed by atoms with Gasteiger partial charge in [-0.3, -0.25) is 10.1 Å². The second-order valence-corrected chi connectivity index (χ2v) is 5.56. The number of halogens is 1. The summed E-state index contributed by atoms with van der Waals surface area (Å²) in [4.78, 5) is 8.56. The standard InChI is InChI=1S/C13H14BrN7/c1-3-12-16-13(19-18-12)8(2)21-7-11(17-20-21)9-4-10(14)6-15-5-9/h4-8H,3H2,1-2H3,(H,16,18,19). The van der Waals surface area contributed by atoms with Crippen LogP contribution in [0.5, 0.6) is 0 Å². The zero-order chi connectivity index (χ0) is 14.8. The van der Waals surface area contributed by atoms with Gasteiger partial charge in [-0.1, -0.05) is 12.1 Å². The molecule has 1 unspecified atom stereocenters. The summed E-state index contributed by atoms with van der Waals surface area (Å²) in [5.41, 5.74) is 1.67. The number of nitrogens with one attached hydrogen (secondary N) is 1. The van der Waals surface area contributed by atoms with E-state index in [1.54, 1.807) is 17.1 Å². The molecule has 3 aromatic rings. The van der Waals surface area contributed by atoms with Crippen LogP contribution in [-0.4, -0.2) is 35.2 Å². The SMILES string of the molecule is CCc1nc(C(C)n2cc(-c3cncc(Br)c3)nn2)n[nH]1. The van der Waals surface area contributed by atoms with Gasteiger partial charge in [0.15, 0.2) is 5.82 Å². The van der Waals surface area contributed by atoms with E-state index in [9.17, 15) is 0 Å². The van der Waals surface area contributed by atoms with Gasteiger partial charge in [-0.15, -0.1) is 5.10 Å². The van der Waals surface area contributed by atoms with Gasteiger partial charge in [0.05, 0.1) is 6.20 Å². The molecule has 1 atom stereocenters. The number of nitrogens with zero attached hydrogens (tertiary/aromatic N) is 6. The topological polar surface area (TPSA) is 85.2 Å². The lowest BCUT2D eigenvalue weighted by Crippen LogP contribution is -2.09. The molecule has 1 N–H and O–H groups in total. The largest absolute Gasteiger partial charge is 0.263 e. The van der Waals surface area contributed by atoms with Crippen molar-refractivity contribution in [3.8, 4) is 11.3 Å². The van der Waals surface area contributed by atoms with Gasteiger partial charge < -0.3 is 0 Å². The monoisotopic (exact) mass is 347 g/mol. The van der Waals surface area contributed by atoms with E-state index in [4.69, 9.17) is 0 Å². The van der Waals surface area contributed by atoms with Gasteiger partial charge in [0.25, 0.3) is 0 Å². The number of aromatic nitrogens is 7. The molecule has 0 aliphatic carbocycles. The molecule has 8 heteroatoms. The Balaban J connectivity index is 1.87. The van der Waals surface area contributed by atoms with Crippen LogP contribution in [0.1, 0.15) is 31.5 Å². The fourth-order valence-electron chi connectivity index (χ4n) is 1.92. The van der Waals surface area contributed by atoms with Crippen molar-refractivity contribution >= 4 is 15.9 Å². The molecule has 0 radical (unpaired) electrons. The summed E-state index contributed by atoms with van der Waals surface area (Å²) < 4.78 is 2.66. The highest BCUT2D eigenvalue weighted by atomic mass is 79.9. The lowest BCUT2D eigenvalue weighted by molar-refractivity contribution is 0.519. The fraction of sp³-hybridized carbons (Fsp3) is 0.308. The van der Waals surface area contributed by atoms with Crippen molar-refractivity contribution in [2.45, 2.75) is 26.3 Å². The van der Waals surface area contributed by atoms with E-state index in [1.165, 1.54) is 0 Å². The zero-order valence-electron chi connectivity index (χ0n) is 11.7. The number of H-pyrrole nitrogens is 1. The third-order valence-corrected chi connectivity index (χ3v) is 3.60. The van der Waals surface area contributed by atoms with E-state index in [0.29, 0.717) is 5.82 Å². The minimum Gasteiger partial charge on any atom is -0.263 e. The fourth-order valence-corrected chi connectivity index (χ4v) is 2.29. The number of pyridine rings is 1. The first kappa shape index (κ1) is 13.9. The number of aryl methyl sites for hydroxylation is 1. The molecule has 0 aliphatic rings. The Bertz CT molecular complexity index is 748. The molecule has 0 aliphatic heterocycles. The van der Waals surface area contributed by atoms with Gasteiger partial charge >= 0.3 is 0 Å². The molecule has 21 heavy (non-hydrogen) atoms. The third-order valence-electron chi connectivity index (χ3n) is 3.17. The lowest BCUT2D eigenvalue weighted by Gasteiger charge is -2.05. The van der Waals surface area contributed by atoms with E-state index in [1.807, 2.05) is 26.1 Å². The van der Waals surface area contributed by atoms with Gasteiger partial charge in [0.2, 0.25) is 0 Å². The molecular formula is C13H14BrN7. The number of hydrogen-bond acceptors (Lipinski definition) is 5. The smallest absolute Gasteiger partial charge is 0.174 e. The highest BCUT2D eigenvalue weighted by Gasteiger charge is 2.16. The molecule has 0 bridgehead atoms. The van der Waals surface area contributed by atoms with Gasteiger partial charge in [-0.25, -0.2) is 9.67 Å². The maximum atomic E-state index is 4.43. The van der Waals surface area contributed by atoms with Crippen LogP contribution < -0.4 is 0 Å². The number of hydrogen-bond donors (Lipinski definition) is 1. The summed E-state index contributed by atoms with van der Waals surface area (Å²) in [5, 5.41) is 15.5. The van der Waals surface area contributed by atoms with Crippen LogP contribution in [0.15, 0.2) is 29.1 Å². The summed E-state index contributed by atoms with van der Waals surface area (Å²) in [6.07, 6.45) is 6.18. The van der Waals surface area contributed by atoms with E-state index in [0.717, 1.165) is 28.0 Å². The Morgan fingerprint density at radius 2 is 2.24 bits per heavy atom. The van der Waals surface area contributed by atoms with Gasteiger partial charge in [0.1, 0.15) is 17.6 Å². The summed E-state index contributed by atoms with van der Waals surface area (Å²) >= 11 is 3.40. The summed E-state index contributed by atoms with van der Waals surface area (Å²) in [5.74, 6) is 1.57. The molecule has 3 rings (SSSR count). The second kappa shape index (κ2) is 5.72. The highest BCUT2D eigenvalue weighted by molar-refractivity contribution is 9.10. The molecule has 7 nitrogen and oxygen atoms in total. The minimum absolute atomic E-state index is 0.0806. The Kier molecular flexibility index (Phi) is 3.78. The Hall–Kier alpha value is -2.09. The van der Waals surface area contributed by atoms with Crippen molar-refractivity contribution in [2.75, 3.05) is 0 Å². The van der Waals surface area contributed by atoms with E-state index < -0.39 is 0 Å². The highest BCUT2D eigenvalue weighted by Crippen LogP contribution is 2.21. The molecule has 108 valence electrons. The third kappa shape index (κ3) is 2.85. The van der Waals surface area contributed by atoms with Crippen molar-refractivity contribution in [3.63, 3.8) is 0 Å². The first-order valence-corrected chi connectivity index (χ1v) is 7.40. The first-order valence-electron chi connectivity index (χ1n) is 6.61.